The molecule has 6 heteroatoms. The number of halogens is 3. The second-order valence-corrected chi connectivity index (χ2v) is 4.91. The van der Waals surface area contributed by atoms with Crippen molar-refractivity contribution in [2.24, 2.45) is 11.7 Å². The first-order valence-electron chi connectivity index (χ1n) is 6.09. The summed E-state index contributed by atoms with van der Waals surface area (Å²) in [5.41, 5.74) is 5.58. The van der Waals surface area contributed by atoms with E-state index in [1.165, 1.54) is 4.90 Å². The molecule has 1 aromatic rings. The molecule has 3 nitrogen and oxygen atoms in total. The van der Waals surface area contributed by atoms with Crippen LogP contribution in [-0.2, 0) is 0 Å². The molecule has 0 bridgehead atoms. The van der Waals surface area contributed by atoms with Crippen LogP contribution in [0, 0.1) is 23.4 Å². The lowest BCUT2D eigenvalue weighted by molar-refractivity contribution is 0.0784. The highest BCUT2D eigenvalue weighted by Crippen LogP contribution is 2.22. The van der Waals surface area contributed by atoms with Crippen LogP contribution >= 0.6 is 0 Å². The number of hydrogen-bond acceptors (Lipinski definition) is 2. The molecule has 1 heterocycles. The van der Waals surface area contributed by atoms with Gasteiger partial charge in [0.1, 0.15) is 0 Å². The number of benzene rings is 1. The Morgan fingerprint density at radius 1 is 1.37 bits per heavy atom. The molecular formula is C13H15F3N2O. The number of hydrogen-bond donors (Lipinski definition) is 1. The minimum atomic E-state index is -1.56. The maximum Gasteiger partial charge on any atom is 0.254 e. The van der Waals surface area contributed by atoms with Crippen LogP contribution in [0.4, 0.5) is 13.2 Å². The lowest BCUT2D eigenvalue weighted by atomic mass is 10.0. The lowest BCUT2D eigenvalue weighted by Crippen LogP contribution is -2.33. The van der Waals surface area contributed by atoms with E-state index in [9.17, 15) is 18.0 Å². The van der Waals surface area contributed by atoms with Gasteiger partial charge in [-0.25, -0.2) is 13.2 Å². The van der Waals surface area contributed by atoms with Crippen molar-refractivity contribution in [3.8, 4) is 0 Å². The number of carbonyl (C=O) groups is 1. The van der Waals surface area contributed by atoms with Crippen molar-refractivity contribution in [1.82, 2.24) is 4.90 Å². The van der Waals surface area contributed by atoms with Crippen molar-refractivity contribution >= 4 is 5.91 Å². The molecular weight excluding hydrogens is 257 g/mol. The molecule has 0 aliphatic carbocycles. The highest BCUT2D eigenvalue weighted by Gasteiger charge is 2.29. The Kier molecular flexibility index (Phi) is 3.80. The van der Waals surface area contributed by atoms with E-state index in [4.69, 9.17) is 5.73 Å². The highest BCUT2D eigenvalue weighted by atomic mass is 19.2. The molecule has 2 unspecified atom stereocenters. The number of nitrogens with zero attached hydrogens (tertiary/aromatic N) is 1. The molecule has 1 fully saturated rings. The molecule has 2 rings (SSSR count). The quantitative estimate of drug-likeness (QED) is 0.836. The Hall–Kier alpha value is -1.56. The van der Waals surface area contributed by atoms with E-state index < -0.39 is 23.4 Å². The first-order chi connectivity index (χ1) is 8.90. The summed E-state index contributed by atoms with van der Waals surface area (Å²) >= 11 is 0. The second-order valence-electron chi connectivity index (χ2n) is 4.91. The summed E-state index contributed by atoms with van der Waals surface area (Å²) < 4.78 is 39.0. The van der Waals surface area contributed by atoms with Gasteiger partial charge < -0.3 is 10.6 Å². The van der Waals surface area contributed by atoms with Crippen molar-refractivity contribution < 1.29 is 18.0 Å². The van der Waals surface area contributed by atoms with Gasteiger partial charge in [-0.05, 0) is 31.4 Å². The normalized spacial score (nSPS) is 20.7. The fraction of sp³-hybridized carbons (Fsp3) is 0.462. The standard InChI is InChI=1S/C13H15F3N2O/c1-7(17)8-2-3-18(6-8)13(19)9-4-10(14)12(16)11(15)5-9/h4-5,7-8H,2-3,6,17H2,1H3. The number of amides is 1. The first-order valence-corrected chi connectivity index (χ1v) is 6.09. The topological polar surface area (TPSA) is 46.3 Å². The lowest BCUT2D eigenvalue weighted by Gasteiger charge is -2.18. The molecule has 1 saturated heterocycles. The van der Waals surface area contributed by atoms with Crippen LogP contribution in [0.5, 0.6) is 0 Å². The molecule has 104 valence electrons. The average molecular weight is 272 g/mol. The Bertz CT molecular complexity index is 482. The summed E-state index contributed by atoms with van der Waals surface area (Å²) in [5.74, 6) is -4.59. The fourth-order valence-corrected chi connectivity index (χ4v) is 2.26. The van der Waals surface area contributed by atoms with Crippen molar-refractivity contribution in [2.75, 3.05) is 13.1 Å². The van der Waals surface area contributed by atoms with Crippen molar-refractivity contribution in [3.05, 3.63) is 35.1 Å². The van der Waals surface area contributed by atoms with Crippen LogP contribution in [0.1, 0.15) is 23.7 Å². The summed E-state index contributed by atoms with van der Waals surface area (Å²) in [6, 6.07) is 1.40. The van der Waals surface area contributed by atoms with E-state index in [1.54, 1.807) is 0 Å². The third-order valence-corrected chi connectivity index (χ3v) is 3.49. The van der Waals surface area contributed by atoms with Crippen molar-refractivity contribution in [3.63, 3.8) is 0 Å². The number of nitrogens with two attached hydrogens (primary N) is 1. The molecule has 0 radical (unpaired) electrons. The summed E-state index contributed by atoms with van der Waals surface area (Å²) in [5, 5.41) is 0. The fourth-order valence-electron chi connectivity index (χ4n) is 2.26. The van der Waals surface area contributed by atoms with E-state index in [0.717, 1.165) is 18.6 Å². The predicted octanol–water partition coefficient (Wildman–Crippen LogP) is 1.91. The van der Waals surface area contributed by atoms with Crippen LogP contribution < -0.4 is 5.73 Å². The predicted molar refractivity (Wildman–Crippen MR) is 64.0 cm³/mol. The monoisotopic (exact) mass is 272 g/mol. The minimum Gasteiger partial charge on any atom is -0.338 e. The summed E-state index contributed by atoms with van der Waals surface area (Å²) in [7, 11) is 0. The molecule has 1 aliphatic heterocycles. The van der Waals surface area contributed by atoms with Gasteiger partial charge >= 0.3 is 0 Å². The van der Waals surface area contributed by atoms with Crippen LogP contribution in [-0.4, -0.2) is 29.9 Å². The van der Waals surface area contributed by atoms with Crippen LogP contribution in [0.25, 0.3) is 0 Å². The number of carbonyl (C=O) groups excluding carboxylic acids is 1. The highest BCUT2D eigenvalue weighted by molar-refractivity contribution is 5.94. The van der Waals surface area contributed by atoms with Gasteiger partial charge in [0.05, 0.1) is 0 Å². The smallest absolute Gasteiger partial charge is 0.254 e. The molecule has 1 aromatic carbocycles. The minimum absolute atomic E-state index is 0.0421. The Morgan fingerprint density at radius 2 is 1.95 bits per heavy atom. The van der Waals surface area contributed by atoms with Gasteiger partial charge in [0, 0.05) is 24.7 Å². The molecule has 1 amide bonds. The van der Waals surface area contributed by atoms with Crippen LogP contribution in [0.15, 0.2) is 12.1 Å². The van der Waals surface area contributed by atoms with E-state index >= 15 is 0 Å². The number of rotatable bonds is 2. The van der Waals surface area contributed by atoms with E-state index in [-0.39, 0.29) is 17.5 Å². The Morgan fingerprint density at radius 3 is 2.42 bits per heavy atom. The van der Waals surface area contributed by atoms with Gasteiger partial charge in [0.25, 0.3) is 5.91 Å². The van der Waals surface area contributed by atoms with Crippen molar-refractivity contribution in [1.29, 1.82) is 0 Å². The Balaban J connectivity index is 2.17. The van der Waals surface area contributed by atoms with E-state index in [1.807, 2.05) is 6.92 Å². The molecule has 1 aliphatic rings. The Labute approximate surface area is 109 Å². The zero-order valence-electron chi connectivity index (χ0n) is 10.5. The summed E-state index contributed by atoms with van der Waals surface area (Å²) in [6.45, 7) is 2.80. The zero-order chi connectivity index (χ0) is 14.2. The third-order valence-electron chi connectivity index (χ3n) is 3.49. The third kappa shape index (κ3) is 2.73. The van der Waals surface area contributed by atoms with E-state index in [2.05, 4.69) is 0 Å². The largest absolute Gasteiger partial charge is 0.338 e. The van der Waals surface area contributed by atoms with Gasteiger partial charge in [-0.1, -0.05) is 0 Å². The summed E-state index contributed by atoms with van der Waals surface area (Å²) in [6.07, 6.45) is 0.759. The van der Waals surface area contributed by atoms with Gasteiger partial charge in [-0.3, -0.25) is 4.79 Å². The van der Waals surface area contributed by atoms with Gasteiger partial charge in [-0.15, -0.1) is 0 Å². The molecule has 0 aromatic heterocycles. The first kappa shape index (κ1) is 13.9. The van der Waals surface area contributed by atoms with Gasteiger partial charge in [0.2, 0.25) is 0 Å². The maximum absolute atomic E-state index is 13.1. The zero-order valence-corrected chi connectivity index (χ0v) is 10.5. The van der Waals surface area contributed by atoms with Crippen molar-refractivity contribution in [2.45, 2.75) is 19.4 Å². The SMILES string of the molecule is CC(N)C1CCN(C(=O)c2cc(F)c(F)c(F)c2)C1. The average Bonchev–Trinajstić information content (AvgIpc) is 2.84. The summed E-state index contributed by atoms with van der Waals surface area (Å²) in [4.78, 5) is 13.5. The number of likely N-dealkylation sites (tertiary alicyclic amines) is 1. The van der Waals surface area contributed by atoms with E-state index in [0.29, 0.717) is 13.1 Å². The molecule has 0 spiro atoms. The van der Waals surface area contributed by atoms with Gasteiger partial charge in [-0.2, -0.15) is 0 Å². The second kappa shape index (κ2) is 5.21. The molecule has 19 heavy (non-hydrogen) atoms. The van der Waals surface area contributed by atoms with Crippen LogP contribution in [0.3, 0.4) is 0 Å². The van der Waals surface area contributed by atoms with Crippen LogP contribution in [0.2, 0.25) is 0 Å². The molecule has 0 saturated carbocycles. The van der Waals surface area contributed by atoms with Gasteiger partial charge in [0.15, 0.2) is 17.5 Å². The maximum atomic E-state index is 13.1. The molecule has 2 atom stereocenters. The molecule has 2 N–H and O–H groups in total.